The predicted molar refractivity (Wildman–Crippen MR) is 105 cm³/mol. The molecule has 8 heteroatoms. The number of benzene rings is 2. The highest BCUT2D eigenvalue weighted by molar-refractivity contribution is 6.47. The van der Waals surface area contributed by atoms with E-state index in [2.05, 4.69) is 4.98 Å². The molecule has 3 aromatic rings. The molecule has 25 heavy (non-hydrogen) atoms. The van der Waals surface area contributed by atoms with Crippen molar-refractivity contribution in [3.63, 3.8) is 0 Å². The van der Waals surface area contributed by atoms with Crippen LogP contribution in [0.5, 0.6) is 0 Å². The van der Waals surface area contributed by atoms with Gasteiger partial charge in [0.1, 0.15) is 5.82 Å². The van der Waals surface area contributed by atoms with Crippen LogP contribution in [-0.4, -0.2) is 4.98 Å². The maximum absolute atomic E-state index is 14.2. The summed E-state index contributed by atoms with van der Waals surface area (Å²) in [6.45, 7) is 0. The van der Waals surface area contributed by atoms with Gasteiger partial charge in [0.2, 0.25) is 0 Å². The Labute approximate surface area is 173 Å². The normalized spacial score (nSPS) is 11.0. The standard InChI is InChI=1S/C17H6Cl6FN/c18-8-1-3-10(20)16(22)14(8)12-5-7(24)6-13(25-12)15-9(19)2-4-11(21)17(15)23/h1-6H. The molecule has 0 aliphatic rings. The molecule has 0 bridgehead atoms. The smallest absolute Gasteiger partial charge is 0.127 e. The maximum atomic E-state index is 14.2. The molecule has 0 N–H and O–H groups in total. The molecule has 0 fully saturated rings. The number of rotatable bonds is 2. The number of aromatic nitrogens is 1. The van der Waals surface area contributed by atoms with Crippen molar-refractivity contribution in [2.45, 2.75) is 0 Å². The molecule has 1 heterocycles. The molecule has 0 radical (unpaired) electrons. The van der Waals surface area contributed by atoms with Crippen molar-refractivity contribution >= 4 is 69.6 Å². The number of halogens is 7. The van der Waals surface area contributed by atoms with Crippen molar-refractivity contribution < 1.29 is 4.39 Å². The largest absolute Gasteiger partial charge is 0.247 e. The zero-order chi connectivity index (χ0) is 18.3. The summed E-state index contributed by atoms with van der Waals surface area (Å²) in [4.78, 5) is 4.40. The Morgan fingerprint density at radius 1 is 0.600 bits per heavy atom. The number of hydrogen-bond donors (Lipinski definition) is 0. The van der Waals surface area contributed by atoms with Crippen molar-refractivity contribution in [3.8, 4) is 22.5 Å². The fourth-order valence-electron chi connectivity index (χ4n) is 2.28. The quantitative estimate of drug-likeness (QED) is 0.353. The minimum absolute atomic E-state index is 0.168. The lowest BCUT2D eigenvalue weighted by Crippen LogP contribution is -1.94. The molecular formula is C17H6Cl6FN. The van der Waals surface area contributed by atoms with E-state index in [1.54, 1.807) is 24.3 Å². The summed E-state index contributed by atoms with van der Waals surface area (Å²) in [7, 11) is 0. The van der Waals surface area contributed by atoms with Crippen LogP contribution in [0, 0.1) is 5.82 Å². The molecule has 2 aromatic carbocycles. The molecular weight excluding hydrogens is 450 g/mol. The highest BCUT2D eigenvalue weighted by atomic mass is 35.5. The highest BCUT2D eigenvalue weighted by Crippen LogP contribution is 2.42. The molecule has 128 valence electrons. The fraction of sp³-hybridized carbons (Fsp3) is 0. The van der Waals surface area contributed by atoms with Crippen LogP contribution in [0.25, 0.3) is 22.5 Å². The first-order chi connectivity index (χ1) is 11.8. The molecule has 3 rings (SSSR count). The summed E-state index contributed by atoms with van der Waals surface area (Å²) in [5.74, 6) is -0.570. The molecule has 1 nitrogen and oxygen atoms in total. The van der Waals surface area contributed by atoms with Gasteiger partial charge in [-0.25, -0.2) is 9.37 Å². The van der Waals surface area contributed by atoms with E-state index in [9.17, 15) is 4.39 Å². The van der Waals surface area contributed by atoms with Gasteiger partial charge in [-0.15, -0.1) is 0 Å². The SMILES string of the molecule is Fc1cc(-c2c(Cl)ccc(Cl)c2Cl)nc(-c2c(Cl)ccc(Cl)c2Cl)c1. The highest BCUT2D eigenvalue weighted by Gasteiger charge is 2.18. The molecule has 0 saturated heterocycles. The third-order valence-corrected chi connectivity index (χ3v) is 5.63. The van der Waals surface area contributed by atoms with Crippen LogP contribution in [0.4, 0.5) is 4.39 Å². The first-order valence-corrected chi connectivity index (χ1v) is 9.01. The molecule has 0 unspecified atom stereocenters. The van der Waals surface area contributed by atoms with E-state index in [1.165, 1.54) is 12.1 Å². The van der Waals surface area contributed by atoms with Crippen molar-refractivity contribution in [3.05, 3.63) is 72.4 Å². The van der Waals surface area contributed by atoms with Gasteiger partial charge >= 0.3 is 0 Å². The second-order valence-corrected chi connectivity index (χ2v) is 7.38. The van der Waals surface area contributed by atoms with Crippen LogP contribution in [-0.2, 0) is 0 Å². The van der Waals surface area contributed by atoms with Gasteiger partial charge in [0.15, 0.2) is 0 Å². The number of pyridine rings is 1. The van der Waals surface area contributed by atoms with E-state index in [0.29, 0.717) is 11.1 Å². The summed E-state index contributed by atoms with van der Waals surface area (Å²) in [6.07, 6.45) is 0. The summed E-state index contributed by atoms with van der Waals surface area (Å²) in [6, 6.07) is 8.58. The van der Waals surface area contributed by atoms with Crippen molar-refractivity contribution in [1.29, 1.82) is 0 Å². The molecule has 0 aliphatic heterocycles. The van der Waals surface area contributed by atoms with Gasteiger partial charge < -0.3 is 0 Å². The topological polar surface area (TPSA) is 12.9 Å². The van der Waals surface area contributed by atoms with Gasteiger partial charge in [-0.2, -0.15) is 0 Å². The summed E-state index contributed by atoms with van der Waals surface area (Å²) in [5.41, 5.74) is 1.01. The average Bonchev–Trinajstić information content (AvgIpc) is 2.55. The first-order valence-electron chi connectivity index (χ1n) is 6.75. The van der Waals surface area contributed by atoms with Crippen molar-refractivity contribution in [2.24, 2.45) is 0 Å². The van der Waals surface area contributed by atoms with E-state index in [0.717, 1.165) is 0 Å². The van der Waals surface area contributed by atoms with E-state index < -0.39 is 5.82 Å². The van der Waals surface area contributed by atoms with E-state index in [-0.39, 0.29) is 41.5 Å². The van der Waals surface area contributed by atoms with Gasteiger partial charge in [-0.3, -0.25) is 0 Å². The lowest BCUT2D eigenvalue weighted by molar-refractivity contribution is 0.627. The second kappa shape index (κ2) is 7.48. The number of nitrogens with zero attached hydrogens (tertiary/aromatic N) is 1. The second-order valence-electron chi connectivity index (χ2n) is 4.99. The first kappa shape index (κ1) is 19.0. The molecule has 0 aliphatic carbocycles. The lowest BCUT2D eigenvalue weighted by atomic mass is 10.1. The minimum Gasteiger partial charge on any atom is -0.247 e. The van der Waals surface area contributed by atoms with Gasteiger partial charge in [-0.05, 0) is 24.3 Å². The van der Waals surface area contributed by atoms with Crippen LogP contribution >= 0.6 is 69.6 Å². The maximum Gasteiger partial charge on any atom is 0.127 e. The van der Waals surface area contributed by atoms with Crippen LogP contribution in [0.15, 0.2) is 36.4 Å². The molecule has 0 spiro atoms. The Hall–Kier alpha value is -0.740. The van der Waals surface area contributed by atoms with Gasteiger partial charge in [-0.1, -0.05) is 69.6 Å². The summed E-state index contributed by atoms with van der Waals surface area (Å²) < 4.78 is 14.2. The number of hydrogen-bond acceptors (Lipinski definition) is 1. The van der Waals surface area contributed by atoms with Gasteiger partial charge in [0.25, 0.3) is 0 Å². The predicted octanol–water partition coefficient (Wildman–Crippen LogP) is 8.48. The Kier molecular flexibility index (Phi) is 5.69. The average molecular weight is 456 g/mol. The van der Waals surface area contributed by atoms with Gasteiger partial charge in [0, 0.05) is 23.3 Å². The zero-order valence-corrected chi connectivity index (χ0v) is 16.6. The van der Waals surface area contributed by atoms with Gasteiger partial charge in [0.05, 0.1) is 41.5 Å². The zero-order valence-electron chi connectivity index (χ0n) is 12.1. The van der Waals surface area contributed by atoms with E-state index in [1.807, 2.05) is 0 Å². The Morgan fingerprint density at radius 3 is 1.36 bits per heavy atom. The molecule has 0 amide bonds. The lowest BCUT2D eigenvalue weighted by Gasteiger charge is -2.12. The van der Waals surface area contributed by atoms with E-state index >= 15 is 0 Å². The van der Waals surface area contributed by atoms with Crippen molar-refractivity contribution in [2.75, 3.05) is 0 Å². The monoisotopic (exact) mass is 453 g/mol. The Bertz CT molecular complexity index is 914. The molecule has 0 atom stereocenters. The van der Waals surface area contributed by atoms with Crippen LogP contribution < -0.4 is 0 Å². The van der Waals surface area contributed by atoms with E-state index in [4.69, 9.17) is 69.6 Å². The van der Waals surface area contributed by atoms with Crippen LogP contribution in [0.1, 0.15) is 0 Å². The summed E-state index contributed by atoms with van der Waals surface area (Å²) in [5, 5.41) is 1.44. The van der Waals surface area contributed by atoms with Crippen LogP contribution in [0.2, 0.25) is 30.1 Å². The third kappa shape index (κ3) is 3.71. The van der Waals surface area contributed by atoms with Crippen molar-refractivity contribution in [1.82, 2.24) is 4.98 Å². The summed E-state index contributed by atoms with van der Waals surface area (Å²) >= 11 is 36.9. The Balaban J connectivity index is 2.29. The molecule has 0 saturated carbocycles. The fourth-order valence-corrected chi connectivity index (χ4v) is 3.72. The third-order valence-electron chi connectivity index (χ3n) is 3.39. The Morgan fingerprint density at radius 2 is 0.960 bits per heavy atom. The van der Waals surface area contributed by atoms with Crippen LogP contribution in [0.3, 0.4) is 0 Å². The minimum atomic E-state index is -0.570. The molecule has 1 aromatic heterocycles.